The van der Waals surface area contributed by atoms with Gasteiger partial charge < -0.3 is 5.32 Å². The molecule has 1 amide bonds. The molecule has 2 aromatic carbocycles. The van der Waals surface area contributed by atoms with E-state index in [2.05, 4.69) is 20.5 Å². The second-order valence-electron chi connectivity index (χ2n) is 5.71. The molecule has 0 saturated heterocycles. The Hall–Kier alpha value is -3.06. The molecule has 124 valence electrons. The smallest absolute Gasteiger partial charge is 0.272 e. The summed E-state index contributed by atoms with van der Waals surface area (Å²) < 4.78 is 1.03. The van der Waals surface area contributed by atoms with Gasteiger partial charge in [0.15, 0.2) is 5.13 Å². The summed E-state index contributed by atoms with van der Waals surface area (Å²) in [6, 6.07) is 13.1. The number of aryl methyl sites for hydroxylation is 1. The van der Waals surface area contributed by atoms with Crippen LogP contribution in [0.15, 0.2) is 47.3 Å². The molecule has 0 aliphatic rings. The molecule has 0 bridgehead atoms. The van der Waals surface area contributed by atoms with Crippen molar-refractivity contribution in [2.45, 2.75) is 13.3 Å². The number of carbonyl (C=O) groups excluding carboxylic acids is 1. The number of hydrogen-bond acceptors (Lipinski definition) is 5. The molecule has 25 heavy (non-hydrogen) atoms. The predicted molar refractivity (Wildman–Crippen MR) is 99.1 cm³/mol. The third-order valence-electron chi connectivity index (χ3n) is 3.97. The van der Waals surface area contributed by atoms with Crippen LogP contribution in [-0.4, -0.2) is 21.1 Å². The van der Waals surface area contributed by atoms with Gasteiger partial charge in [-0.1, -0.05) is 41.7 Å². The first-order valence-corrected chi connectivity index (χ1v) is 8.56. The number of H-pyrrole nitrogens is 1. The third-order valence-corrected chi connectivity index (χ3v) is 4.91. The van der Waals surface area contributed by atoms with E-state index in [1.807, 2.05) is 31.2 Å². The largest absolute Gasteiger partial charge is 0.302 e. The standard InChI is InChI=1S/C18H14N4O2S/c1-10-5-4-8-14-16(10)20-18(25-14)19-15(23)9-13-11-6-2-3-7-12(11)17(24)22-21-13/h2-8H,9H2,1H3,(H,22,24)(H,19,20,23). The van der Waals surface area contributed by atoms with E-state index in [0.717, 1.165) is 15.8 Å². The van der Waals surface area contributed by atoms with Crippen molar-refractivity contribution < 1.29 is 4.79 Å². The number of nitrogens with zero attached hydrogens (tertiary/aromatic N) is 2. The zero-order valence-electron chi connectivity index (χ0n) is 13.4. The fourth-order valence-electron chi connectivity index (χ4n) is 2.76. The van der Waals surface area contributed by atoms with Gasteiger partial charge in [-0.15, -0.1) is 0 Å². The molecular weight excluding hydrogens is 336 g/mol. The molecule has 0 unspecified atom stereocenters. The minimum Gasteiger partial charge on any atom is -0.302 e. The fraction of sp³-hybridized carbons (Fsp3) is 0.111. The van der Waals surface area contributed by atoms with Crippen LogP contribution in [0.1, 0.15) is 11.3 Å². The van der Waals surface area contributed by atoms with Crippen molar-refractivity contribution in [3.05, 3.63) is 64.1 Å². The summed E-state index contributed by atoms with van der Waals surface area (Å²) >= 11 is 1.44. The molecule has 0 aliphatic carbocycles. The maximum atomic E-state index is 12.4. The van der Waals surface area contributed by atoms with Crippen LogP contribution in [0.3, 0.4) is 0 Å². The number of para-hydroxylation sites is 1. The molecule has 0 fully saturated rings. The first kappa shape index (κ1) is 15.5. The molecule has 6 nitrogen and oxygen atoms in total. The van der Waals surface area contributed by atoms with Crippen LogP contribution in [-0.2, 0) is 11.2 Å². The molecule has 2 N–H and O–H groups in total. The van der Waals surface area contributed by atoms with Gasteiger partial charge in [0.1, 0.15) is 0 Å². The van der Waals surface area contributed by atoms with Crippen molar-refractivity contribution >= 4 is 43.4 Å². The van der Waals surface area contributed by atoms with Crippen molar-refractivity contribution in [3.63, 3.8) is 0 Å². The average Bonchev–Trinajstić information content (AvgIpc) is 3.01. The van der Waals surface area contributed by atoms with Gasteiger partial charge in [-0.25, -0.2) is 10.1 Å². The minimum atomic E-state index is -0.263. The van der Waals surface area contributed by atoms with Crippen LogP contribution >= 0.6 is 11.3 Å². The summed E-state index contributed by atoms with van der Waals surface area (Å²) in [6.07, 6.45) is 0.0617. The lowest BCUT2D eigenvalue weighted by atomic mass is 10.1. The molecule has 2 aromatic heterocycles. The van der Waals surface area contributed by atoms with Crippen LogP contribution in [0.4, 0.5) is 5.13 Å². The lowest BCUT2D eigenvalue weighted by molar-refractivity contribution is -0.115. The Morgan fingerprint density at radius 3 is 2.76 bits per heavy atom. The Labute approximate surface area is 146 Å². The zero-order valence-corrected chi connectivity index (χ0v) is 14.2. The number of rotatable bonds is 3. The number of amides is 1. The predicted octanol–water partition coefficient (Wildman–Crippen LogP) is 3.02. The van der Waals surface area contributed by atoms with E-state index in [1.54, 1.807) is 18.2 Å². The van der Waals surface area contributed by atoms with Crippen molar-refractivity contribution in [1.29, 1.82) is 0 Å². The van der Waals surface area contributed by atoms with E-state index >= 15 is 0 Å². The maximum absolute atomic E-state index is 12.4. The summed E-state index contributed by atoms with van der Waals surface area (Å²) in [5, 5.41) is 11.1. The van der Waals surface area contributed by atoms with E-state index in [-0.39, 0.29) is 17.9 Å². The number of hydrogen-bond donors (Lipinski definition) is 2. The number of aromatic amines is 1. The van der Waals surface area contributed by atoms with E-state index in [4.69, 9.17) is 0 Å². The molecular formula is C18H14N4O2S. The lowest BCUT2D eigenvalue weighted by Crippen LogP contribution is -2.18. The summed E-state index contributed by atoms with van der Waals surface area (Å²) in [5.74, 6) is -0.221. The fourth-order valence-corrected chi connectivity index (χ4v) is 3.72. The summed E-state index contributed by atoms with van der Waals surface area (Å²) in [6.45, 7) is 1.99. The highest BCUT2D eigenvalue weighted by molar-refractivity contribution is 7.22. The van der Waals surface area contributed by atoms with E-state index in [1.165, 1.54) is 11.3 Å². The number of anilines is 1. The van der Waals surface area contributed by atoms with Crippen LogP contribution in [0.5, 0.6) is 0 Å². The normalized spacial score (nSPS) is 11.1. The van der Waals surface area contributed by atoms with Gasteiger partial charge in [0.05, 0.1) is 27.7 Å². The summed E-state index contributed by atoms with van der Waals surface area (Å²) in [7, 11) is 0. The molecule has 2 heterocycles. The molecule has 0 spiro atoms. The van der Waals surface area contributed by atoms with E-state index in [0.29, 0.717) is 21.6 Å². The second-order valence-corrected chi connectivity index (χ2v) is 6.74. The highest BCUT2D eigenvalue weighted by Gasteiger charge is 2.13. The first-order valence-electron chi connectivity index (χ1n) is 7.74. The van der Waals surface area contributed by atoms with Gasteiger partial charge in [0.25, 0.3) is 5.56 Å². The van der Waals surface area contributed by atoms with E-state index < -0.39 is 0 Å². The van der Waals surface area contributed by atoms with Crippen LogP contribution in [0.25, 0.3) is 21.0 Å². The topological polar surface area (TPSA) is 87.7 Å². The minimum absolute atomic E-state index is 0.0617. The van der Waals surface area contributed by atoms with Gasteiger partial charge in [0.2, 0.25) is 5.91 Å². The Bertz CT molecular complexity index is 1160. The average molecular weight is 350 g/mol. The first-order chi connectivity index (χ1) is 12.1. The van der Waals surface area contributed by atoms with Crippen molar-refractivity contribution in [2.75, 3.05) is 5.32 Å². The number of thiazole rings is 1. The van der Waals surface area contributed by atoms with Crippen LogP contribution < -0.4 is 10.9 Å². The molecule has 0 saturated carbocycles. The Kier molecular flexibility index (Phi) is 3.77. The molecule has 0 atom stereocenters. The lowest BCUT2D eigenvalue weighted by Gasteiger charge is -2.04. The number of carbonyl (C=O) groups is 1. The number of fused-ring (bicyclic) bond motifs is 2. The van der Waals surface area contributed by atoms with Gasteiger partial charge in [-0.2, -0.15) is 5.10 Å². The number of aromatic nitrogens is 3. The molecule has 4 rings (SSSR count). The maximum Gasteiger partial charge on any atom is 0.272 e. The Morgan fingerprint density at radius 1 is 1.16 bits per heavy atom. The number of benzene rings is 2. The Morgan fingerprint density at radius 2 is 1.96 bits per heavy atom. The second kappa shape index (κ2) is 6.10. The quantitative estimate of drug-likeness (QED) is 0.594. The number of nitrogens with one attached hydrogen (secondary N) is 2. The van der Waals surface area contributed by atoms with Crippen LogP contribution in [0, 0.1) is 6.92 Å². The zero-order chi connectivity index (χ0) is 17.4. The van der Waals surface area contributed by atoms with Crippen molar-refractivity contribution in [3.8, 4) is 0 Å². The van der Waals surface area contributed by atoms with Crippen LogP contribution in [0.2, 0.25) is 0 Å². The summed E-state index contributed by atoms with van der Waals surface area (Å²) in [5.41, 5.74) is 2.24. The molecule has 0 aliphatic heterocycles. The van der Waals surface area contributed by atoms with Gasteiger partial charge in [-0.05, 0) is 24.6 Å². The van der Waals surface area contributed by atoms with Crippen molar-refractivity contribution in [2.24, 2.45) is 0 Å². The Balaban J connectivity index is 1.61. The molecule has 7 heteroatoms. The van der Waals surface area contributed by atoms with Crippen molar-refractivity contribution in [1.82, 2.24) is 15.2 Å². The monoisotopic (exact) mass is 350 g/mol. The highest BCUT2D eigenvalue weighted by atomic mass is 32.1. The highest BCUT2D eigenvalue weighted by Crippen LogP contribution is 2.28. The summed E-state index contributed by atoms with van der Waals surface area (Å²) in [4.78, 5) is 28.7. The third kappa shape index (κ3) is 2.89. The molecule has 4 aromatic rings. The van der Waals surface area contributed by atoms with Gasteiger partial charge in [0, 0.05) is 5.39 Å². The molecule has 0 radical (unpaired) electrons. The van der Waals surface area contributed by atoms with E-state index in [9.17, 15) is 9.59 Å². The van der Waals surface area contributed by atoms with Gasteiger partial charge in [-0.3, -0.25) is 9.59 Å². The van der Waals surface area contributed by atoms with Gasteiger partial charge >= 0.3 is 0 Å². The SMILES string of the molecule is Cc1cccc2sc(NC(=O)Cc3n[nH]c(=O)c4ccccc34)nc12.